The second kappa shape index (κ2) is 9.62. The van der Waals surface area contributed by atoms with Crippen LogP contribution in [0.25, 0.3) is 56.1 Å². The quantitative estimate of drug-likeness (QED) is 0.222. The average molecular weight is 564 g/mol. The molecule has 0 aliphatic carbocycles. The van der Waals surface area contributed by atoms with Gasteiger partial charge < -0.3 is 18.9 Å². The molecule has 4 aromatic heterocycles. The molecule has 9 heteroatoms. The van der Waals surface area contributed by atoms with Gasteiger partial charge in [-0.2, -0.15) is 0 Å². The molecule has 2 aliphatic heterocycles. The Kier molecular flexibility index (Phi) is 5.63. The van der Waals surface area contributed by atoms with Crippen LogP contribution in [0.1, 0.15) is 0 Å². The molecule has 0 N–H and O–H groups in total. The molecule has 0 unspecified atom stereocenters. The average Bonchev–Trinajstić information content (AvgIpc) is 3.65. The molecule has 6 aromatic rings. The minimum absolute atomic E-state index is 0.489. The van der Waals surface area contributed by atoms with Gasteiger partial charge in [-0.25, -0.2) is 15.0 Å². The highest BCUT2D eigenvalue weighted by atomic mass is 32.1. The van der Waals surface area contributed by atoms with Gasteiger partial charge in [-0.15, -0.1) is 22.7 Å². The maximum Gasteiger partial charge on any atom is 0.217 e. The molecule has 6 heterocycles. The molecule has 0 amide bonds. The summed E-state index contributed by atoms with van der Waals surface area (Å²) in [4.78, 5) is 15.4. The van der Waals surface area contributed by atoms with Crippen LogP contribution in [0.3, 0.4) is 0 Å². The summed E-state index contributed by atoms with van der Waals surface area (Å²) in [6.45, 7) is 2.05. The van der Waals surface area contributed by atoms with Crippen molar-refractivity contribution >= 4 is 33.8 Å². The predicted molar refractivity (Wildman–Crippen MR) is 157 cm³/mol. The first kappa shape index (κ1) is 23.4. The number of rotatable bonds is 4. The third kappa shape index (κ3) is 3.89. The van der Waals surface area contributed by atoms with Gasteiger partial charge in [0.05, 0.1) is 22.6 Å². The van der Waals surface area contributed by atoms with E-state index in [1.165, 1.54) is 22.7 Å². The summed E-state index contributed by atoms with van der Waals surface area (Å²) in [6.07, 6.45) is 0. The molecule has 40 heavy (non-hydrogen) atoms. The Morgan fingerprint density at radius 3 is 1.70 bits per heavy atom. The van der Waals surface area contributed by atoms with Crippen LogP contribution in [-0.4, -0.2) is 41.4 Å². The lowest BCUT2D eigenvalue weighted by Gasteiger charge is -2.19. The smallest absolute Gasteiger partial charge is 0.217 e. The molecule has 0 radical (unpaired) electrons. The lowest BCUT2D eigenvalue weighted by molar-refractivity contribution is 0.178. The van der Waals surface area contributed by atoms with E-state index in [0.717, 1.165) is 60.8 Å². The first-order valence-electron chi connectivity index (χ1n) is 12.9. The molecular weight excluding hydrogens is 542 g/mol. The summed E-state index contributed by atoms with van der Waals surface area (Å²) in [5.41, 5.74) is 8.19. The summed E-state index contributed by atoms with van der Waals surface area (Å²) in [5, 5.41) is 5.63. The number of benzene rings is 2. The Balaban J connectivity index is 1.42. The Labute approximate surface area is 237 Å². The lowest BCUT2D eigenvalue weighted by atomic mass is 10.0. The molecule has 7 nitrogen and oxygen atoms in total. The molecular formula is C31H21N3O4S2. The van der Waals surface area contributed by atoms with Gasteiger partial charge in [-0.1, -0.05) is 60.7 Å². The third-order valence-electron chi connectivity index (χ3n) is 6.85. The van der Waals surface area contributed by atoms with E-state index in [1.807, 2.05) is 53.9 Å². The predicted octanol–water partition coefficient (Wildman–Crippen LogP) is 7.36. The molecule has 0 bridgehead atoms. The number of hydrogen-bond donors (Lipinski definition) is 0. The SMILES string of the molecule is c1ccc(-c2nc3cc(-c4csc5c4OCCO5)c(-c4csc5c4OCCO5)nc3nc2-c2ccccc2)cc1. The summed E-state index contributed by atoms with van der Waals surface area (Å²) in [5.74, 6) is 1.44. The zero-order valence-electron chi connectivity index (χ0n) is 21.1. The Morgan fingerprint density at radius 2 is 1.05 bits per heavy atom. The number of nitrogens with zero attached hydrogens (tertiary/aromatic N) is 3. The summed E-state index contributed by atoms with van der Waals surface area (Å²) < 4.78 is 23.9. The van der Waals surface area contributed by atoms with Gasteiger partial charge in [-0.05, 0) is 6.07 Å². The van der Waals surface area contributed by atoms with Crippen LogP contribution in [0, 0.1) is 0 Å². The minimum atomic E-state index is 0.489. The van der Waals surface area contributed by atoms with Gasteiger partial charge in [0.25, 0.3) is 0 Å². The minimum Gasteiger partial charge on any atom is -0.485 e. The van der Waals surface area contributed by atoms with Gasteiger partial charge in [0.2, 0.25) is 10.1 Å². The zero-order valence-corrected chi connectivity index (χ0v) is 22.8. The molecule has 196 valence electrons. The van der Waals surface area contributed by atoms with Gasteiger partial charge in [-0.3, -0.25) is 0 Å². The second-order valence-electron chi connectivity index (χ2n) is 9.31. The number of pyridine rings is 1. The van der Waals surface area contributed by atoms with E-state index < -0.39 is 0 Å². The second-order valence-corrected chi connectivity index (χ2v) is 11.0. The fraction of sp³-hybridized carbons (Fsp3) is 0.129. The highest BCUT2D eigenvalue weighted by molar-refractivity contribution is 7.13. The zero-order chi connectivity index (χ0) is 26.5. The van der Waals surface area contributed by atoms with E-state index in [1.54, 1.807) is 0 Å². The molecule has 0 saturated carbocycles. The molecule has 0 spiro atoms. The summed E-state index contributed by atoms with van der Waals surface area (Å²) >= 11 is 3.03. The fourth-order valence-electron chi connectivity index (χ4n) is 5.03. The van der Waals surface area contributed by atoms with Crippen molar-refractivity contribution < 1.29 is 18.9 Å². The van der Waals surface area contributed by atoms with Crippen molar-refractivity contribution in [3.05, 3.63) is 77.5 Å². The van der Waals surface area contributed by atoms with E-state index in [9.17, 15) is 0 Å². The lowest BCUT2D eigenvalue weighted by Crippen LogP contribution is -2.14. The van der Waals surface area contributed by atoms with Crippen molar-refractivity contribution in [1.82, 2.24) is 15.0 Å². The number of aromatic nitrogens is 3. The Bertz CT molecular complexity index is 1730. The van der Waals surface area contributed by atoms with Crippen LogP contribution in [0.4, 0.5) is 0 Å². The van der Waals surface area contributed by atoms with Crippen molar-refractivity contribution in [2.75, 3.05) is 26.4 Å². The Morgan fingerprint density at radius 1 is 0.525 bits per heavy atom. The molecule has 0 atom stereocenters. The monoisotopic (exact) mass is 563 g/mol. The van der Waals surface area contributed by atoms with Crippen LogP contribution < -0.4 is 18.9 Å². The molecule has 0 saturated heterocycles. The van der Waals surface area contributed by atoms with E-state index in [2.05, 4.69) is 23.6 Å². The normalized spacial score (nSPS) is 13.9. The van der Waals surface area contributed by atoms with Crippen LogP contribution in [-0.2, 0) is 0 Å². The summed E-state index contributed by atoms with van der Waals surface area (Å²) in [7, 11) is 0. The van der Waals surface area contributed by atoms with Crippen molar-refractivity contribution in [3.63, 3.8) is 0 Å². The van der Waals surface area contributed by atoms with Crippen LogP contribution in [0.15, 0.2) is 77.5 Å². The third-order valence-corrected chi connectivity index (χ3v) is 8.59. The van der Waals surface area contributed by atoms with Crippen LogP contribution in [0.5, 0.6) is 21.6 Å². The van der Waals surface area contributed by atoms with Crippen molar-refractivity contribution in [2.24, 2.45) is 0 Å². The van der Waals surface area contributed by atoms with Crippen LogP contribution >= 0.6 is 22.7 Å². The Hall–Kier alpha value is -4.47. The van der Waals surface area contributed by atoms with Gasteiger partial charge in [0, 0.05) is 33.0 Å². The number of ether oxygens (including phenoxy) is 4. The molecule has 0 fully saturated rings. The van der Waals surface area contributed by atoms with Crippen molar-refractivity contribution in [1.29, 1.82) is 0 Å². The number of fused-ring (bicyclic) bond motifs is 3. The maximum atomic E-state index is 6.08. The number of thiophene rings is 2. The van der Waals surface area contributed by atoms with Crippen molar-refractivity contribution in [2.45, 2.75) is 0 Å². The van der Waals surface area contributed by atoms with E-state index in [0.29, 0.717) is 43.3 Å². The van der Waals surface area contributed by atoms with E-state index in [-0.39, 0.29) is 0 Å². The van der Waals surface area contributed by atoms with Gasteiger partial charge in [0.15, 0.2) is 17.1 Å². The molecule has 2 aliphatic rings. The standard InChI is InChI=1S/C31H21N3O4S2/c1-3-7-18(8-4-1)24-25(19-9-5-2-6-10-19)33-29-23(32-24)15-20(21-16-39-30-27(21)35-11-13-37-30)26(34-29)22-17-40-31-28(22)36-12-14-38-31/h1-10,15-17H,11-14H2. The largest absolute Gasteiger partial charge is 0.485 e. The first-order valence-corrected chi connectivity index (χ1v) is 14.7. The fourth-order valence-corrected chi connectivity index (χ4v) is 6.79. The van der Waals surface area contributed by atoms with Crippen LogP contribution in [0.2, 0.25) is 0 Å². The van der Waals surface area contributed by atoms with Crippen molar-refractivity contribution in [3.8, 4) is 66.5 Å². The highest BCUT2D eigenvalue weighted by Gasteiger charge is 2.28. The number of hydrogen-bond acceptors (Lipinski definition) is 9. The maximum absolute atomic E-state index is 6.08. The van der Waals surface area contributed by atoms with E-state index >= 15 is 0 Å². The topological polar surface area (TPSA) is 75.6 Å². The summed E-state index contributed by atoms with van der Waals surface area (Å²) in [6, 6.07) is 22.3. The van der Waals surface area contributed by atoms with Gasteiger partial charge >= 0.3 is 0 Å². The first-order chi connectivity index (χ1) is 19.8. The van der Waals surface area contributed by atoms with E-state index in [4.69, 9.17) is 33.9 Å². The molecule has 8 rings (SSSR count). The van der Waals surface area contributed by atoms with Gasteiger partial charge in [0.1, 0.15) is 31.9 Å². The molecule has 2 aromatic carbocycles. The highest BCUT2D eigenvalue weighted by Crippen LogP contribution is 2.52.